The summed E-state index contributed by atoms with van der Waals surface area (Å²) < 4.78 is 67.9. The standard InChI is InChI=1S/C33H34F3N5O4S/c34-33(35,36)32(43)41-18-14-25(15-19-41)39-46(44,45)26-12-13-28-27(20-26)29(31(42)38-28)30(23-6-2-1-3-7-23)37-24-10-8-22(9-11-24)21-40-16-4-5-17-40/h1-3,6-13,20,25,38-39,42H,4-5,14-19,21H2. The minimum absolute atomic E-state index is 0.0428. The highest BCUT2D eigenvalue weighted by Gasteiger charge is 2.43. The van der Waals surface area contributed by atoms with Crippen molar-refractivity contribution in [2.24, 2.45) is 4.99 Å². The molecule has 6 rings (SSSR count). The molecule has 9 nitrogen and oxygen atoms in total. The molecule has 3 heterocycles. The van der Waals surface area contributed by atoms with Crippen molar-refractivity contribution in [2.75, 3.05) is 26.2 Å². The normalized spacial score (nSPS) is 17.2. The number of amides is 1. The summed E-state index contributed by atoms with van der Waals surface area (Å²) in [5.74, 6) is -2.10. The zero-order valence-electron chi connectivity index (χ0n) is 24.9. The number of alkyl halides is 3. The molecule has 0 saturated carbocycles. The van der Waals surface area contributed by atoms with Crippen LogP contribution in [0.5, 0.6) is 5.88 Å². The van der Waals surface area contributed by atoms with Gasteiger partial charge >= 0.3 is 12.1 Å². The molecule has 0 aliphatic carbocycles. The molecule has 3 N–H and O–H groups in total. The number of sulfonamides is 1. The number of carbonyl (C=O) groups is 1. The predicted octanol–water partition coefficient (Wildman–Crippen LogP) is 5.47. The van der Waals surface area contributed by atoms with Crippen LogP contribution in [0.2, 0.25) is 0 Å². The number of aromatic hydroxyl groups is 1. The van der Waals surface area contributed by atoms with E-state index in [1.54, 1.807) is 6.07 Å². The Hall–Kier alpha value is -4.20. The van der Waals surface area contributed by atoms with E-state index < -0.39 is 28.1 Å². The van der Waals surface area contributed by atoms with E-state index in [0.29, 0.717) is 38.3 Å². The number of hydrogen-bond acceptors (Lipinski definition) is 6. The zero-order chi connectivity index (χ0) is 32.5. The average Bonchev–Trinajstić information content (AvgIpc) is 3.67. The smallest absolute Gasteiger partial charge is 0.471 e. The molecule has 3 aromatic carbocycles. The van der Waals surface area contributed by atoms with Gasteiger partial charge in [0.15, 0.2) is 5.88 Å². The second-order valence-corrected chi connectivity index (χ2v) is 13.4. The van der Waals surface area contributed by atoms with Gasteiger partial charge in [0.2, 0.25) is 10.0 Å². The predicted molar refractivity (Wildman–Crippen MR) is 169 cm³/mol. The Morgan fingerprint density at radius 3 is 2.28 bits per heavy atom. The second kappa shape index (κ2) is 12.9. The van der Waals surface area contributed by atoms with Gasteiger partial charge in [-0.15, -0.1) is 0 Å². The van der Waals surface area contributed by atoms with Crippen LogP contribution in [0.25, 0.3) is 10.9 Å². The largest absolute Gasteiger partial charge is 0.494 e. The summed E-state index contributed by atoms with van der Waals surface area (Å²) >= 11 is 0. The van der Waals surface area contributed by atoms with Crippen LogP contribution < -0.4 is 4.72 Å². The first kappa shape index (κ1) is 31.8. The number of benzene rings is 3. The lowest BCUT2D eigenvalue weighted by Gasteiger charge is -2.32. The van der Waals surface area contributed by atoms with Gasteiger partial charge in [0.05, 0.1) is 21.9 Å². The number of hydrogen-bond donors (Lipinski definition) is 3. The third-order valence-electron chi connectivity index (χ3n) is 8.47. The molecule has 0 bridgehead atoms. The number of H-pyrrole nitrogens is 1. The Bertz CT molecular complexity index is 1840. The van der Waals surface area contributed by atoms with Crippen LogP contribution in [0, 0.1) is 0 Å². The third-order valence-corrected chi connectivity index (χ3v) is 9.99. The molecule has 0 atom stereocenters. The fourth-order valence-electron chi connectivity index (χ4n) is 6.10. The maximum absolute atomic E-state index is 13.4. The van der Waals surface area contributed by atoms with Crippen molar-refractivity contribution in [2.45, 2.75) is 49.3 Å². The first-order chi connectivity index (χ1) is 22.0. The first-order valence-electron chi connectivity index (χ1n) is 15.2. The van der Waals surface area contributed by atoms with Gasteiger partial charge in [-0.1, -0.05) is 42.5 Å². The van der Waals surface area contributed by atoms with Crippen molar-refractivity contribution >= 4 is 38.2 Å². The van der Waals surface area contributed by atoms with Gasteiger partial charge in [0.1, 0.15) is 0 Å². The average molecular weight is 654 g/mol. The Kier molecular flexibility index (Phi) is 8.90. The summed E-state index contributed by atoms with van der Waals surface area (Å²) in [5.41, 5.74) is 3.83. The fourth-order valence-corrected chi connectivity index (χ4v) is 7.43. The number of fused-ring (bicyclic) bond motifs is 1. The minimum Gasteiger partial charge on any atom is -0.494 e. The fraction of sp³-hybridized carbons (Fsp3) is 0.333. The van der Waals surface area contributed by atoms with E-state index in [1.807, 2.05) is 54.6 Å². The molecule has 2 fully saturated rings. The van der Waals surface area contributed by atoms with Crippen molar-refractivity contribution in [3.05, 3.63) is 89.5 Å². The van der Waals surface area contributed by atoms with E-state index in [4.69, 9.17) is 4.99 Å². The van der Waals surface area contributed by atoms with Crippen molar-refractivity contribution < 1.29 is 31.5 Å². The maximum atomic E-state index is 13.4. The molecule has 13 heteroatoms. The van der Waals surface area contributed by atoms with E-state index in [9.17, 15) is 31.5 Å². The van der Waals surface area contributed by atoms with E-state index in [0.717, 1.165) is 19.6 Å². The van der Waals surface area contributed by atoms with Gasteiger partial charge in [-0.3, -0.25) is 9.69 Å². The van der Waals surface area contributed by atoms with Gasteiger partial charge in [0.25, 0.3) is 0 Å². The van der Waals surface area contributed by atoms with Crippen LogP contribution in [0.15, 0.2) is 82.7 Å². The van der Waals surface area contributed by atoms with Crippen LogP contribution >= 0.6 is 0 Å². The van der Waals surface area contributed by atoms with E-state index in [-0.39, 0.29) is 36.7 Å². The van der Waals surface area contributed by atoms with Crippen molar-refractivity contribution in [3.63, 3.8) is 0 Å². The highest BCUT2D eigenvalue weighted by molar-refractivity contribution is 7.89. The number of piperidine rings is 1. The SMILES string of the molecule is O=C(N1CCC(NS(=O)(=O)c2ccc3[nH]c(O)c(C(=Nc4ccc(CN5CCCC5)cc4)c4ccccc4)c3c2)CC1)C(F)(F)F. The highest BCUT2D eigenvalue weighted by Crippen LogP contribution is 2.33. The number of nitrogens with one attached hydrogen (secondary N) is 2. The molecular weight excluding hydrogens is 619 g/mol. The lowest BCUT2D eigenvalue weighted by Crippen LogP contribution is -2.49. The lowest BCUT2D eigenvalue weighted by molar-refractivity contribution is -0.186. The van der Waals surface area contributed by atoms with Gasteiger partial charge < -0.3 is 15.0 Å². The second-order valence-electron chi connectivity index (χ2n) is 11.7. The van der Waals surface area contributed by atoms with Gasteiger partial charge in [-0.25, -0.2) is 18.1 Å². The van der Waals surface area contributed by atoms with Crippen LogP contribution in [0.3, 0.4) is 0 Å². The maximum Gasteiger partial charge on any atom is 0.471 e. The summed E-state index contributed by atoms with van der Waals surface area (Å²) in [7, 11) is -4.10. The molecule has 0 spiro atoms. The summed E-state index contributed by atoms with van der Waals surface area (Å²) in [5, 5.41) is 11.5. The lowest BCUT2D eigenvalue weighted by atomic mass is 10.0. The molecular formula is C33H34F3N5O4S. The molecule has 1 aromatic heterocycles. The molecule has 2 aliphatic rings. The van der Waals surface area contributed by atoms with Gasteiger partial charge in [-0.05, 0) is 74.7 Å². The molecule has 242 valence electrons. The topological polar surface area (TPSA) is 118 Å². The first-order valence-corrected chi connectivity index (χ1v) is 16.7. The van der Waals surface area contributed by atoms with Crippen LogP contribution in [-0.2, 0) is 21.4 Å². The van der Waals surface area contributed by atoms with E-state index >= 15 is 0 Å². The van der Waals surface area contributed by atoms with Gasteiger partial charge in [0, 0.05) is 42.1 Å². The van der Waals surface area contributed by atoms with Crippen LogP contribution in [0.4, 0.5) is 18.9 Å². The Morgan fingerprint density at radius 2 is 1.63 bits per heavy atom. The van der Waals surface area contributed by atoms with Crippen molar-refractivity contribution in [1.82, 2.24) is 19.5 Å². The number of aromatic amines is 1. The quantitative estimate of drug-likeness (QED) is 0.218. The number of carbonyl (C=O) groups excluding carboxylic acids is 1. The van der Waals surface area contributed by atoms with Crippen LogP contribution in [-0.4, -0.2) is 78.3 Å². The number of aliphatic imine (C=N–C) groups is 1. The van der Waals surface area contributed by atoms with Crippen molar-refractivity contribution in [1.29, 1.82) is 0 Å². The highest BCUT2D eigenvalue weighted by atomic mass is 32.2. The summed E-state index contributed by atoms with van der Waals surface area (Å²) in [4.78, 5) is 22.4. The number of likely N-dealkylation sites (tertiary alicyclic amines) is 2. The summed E-state index contributed by atoms with van der Waals surface area (Å²) in [6.07, 6.45) is -2.46. The Labute approximate surface area is 264 Å². The number of rotatable bonds is 8. The molecule has 4 aromatic rings. The molecule has 46 heavy (non-hydrogen) atoms. The van der Waals surface area contributed by atoms with Crippen LogP contribution in [0.1, 0.15) is 42.4 Å². The van der Waals surface area contributed by atoms with Gasteiger partial charge in [-0.2, -0.15) is 13.2 Å². The minimum atomic E-state index is -4.97. The molecule has 1 amide bonds. The van der Waals surface area contributed by atoms with E-state index in [1.165, 1.54) is 30.5 Å². The van der Waals surface area contributed by atoms with Crippen molar-refractivity contribution in [3.8, 4) is 5.88 Å². The Morgan fingerprint density at radius 1 is 0.957 bits per heavy atom. The Balaban J connectivity index is 1.29. The molecule has 2 aliphatic heterocycles. The molecule has 0 radical (unpaired) electrons. The van der Waals surface area contributed by atoms with E-state index in [2.05, 4.69) is 14.6 Å². The number of nitrogens with zero attached hydrogens (tertiary/aromatic N) is 3. The third kappa shape index (κ3) is 6.96. The summed E-state index contributed by atoms with van der Waals surface area (Å²) in [6.45, 7) is 2.63. The summed E-state index contributed by atoms with van der Waals surface area (Å²) in [6, 6.07) is 20.9. The molecule has 2 saturated heterocycles. The number of halogens is 3. The molecule has 0 unspecified atom stereocenters. The monoisotopic (exact) mass is 653 g/mol. The zero-order valence-corrected chi connectivity index (χ0v) is 25.7. The number of aromatic nitrogens is 1.